The summed E-state index contributed by atoms with van der Waals surface area (Å²) in [4.78, 5) is 4.25. The van der Waals surface area contributed by atoms with Gasteiger partial charge in [0.2, 0.25) is 0 Å². The molecule has 0 aliphatic heterocycles. The average molecular weight is 531 g/mol. The van der Waals surface area contributed by atoms with Crippen molar-refractivity contribution in [3.8, 4) is 11.4 Å². The topological polar surface area (TPSA) is 77.5 Å². The molecule has 0 fully saturated rings. The minimum absolute atomic E-state index is 0. The van der Waals surface area contributed by atoms with E-state index in [-0.39, 0.29) is 47.9 Å². The van der Waals surface area contributed by atoms with Crippen LogP contribution in [0.4, 0.5) is 18.9 Å². The first kappa shape index (κ1) is 23.5. The van der Waals surface area contributed by atoms with E-state index in [1.807, 2.05) is 48.9 Å². The third-order valence-corrected chi connectivity index (χ3v) is 4.22. The number of nitrogens with two attached hydrogens (primary N) is 1. The van der Waals surface area contributed by atoms with Crippen molar-refractivity contribution in [1.29, 1.82) is 0 Å². The number of rotatable bonds is 5. The number of aryl methyl sites for hydroxylation is 1. The molecule has 30 heavy (non-hydrogen) atoms. The molecule has 2 aromatic carbocycles. The highest BCUT2D eigenvalue weighted by atomic mass is 127. The number of guanidine groups is 1. The molecule has 0 radical (unpaired) electrons. The Morgan fingerprint density at radius 2 is 1.73 bits per heavy atom. The Balaban J connectivity index is 0.00000320. The van der Waals surface area contributed by atoms with Crippen molar-refractivity contribution in [2.75, 3.05) is 5.32 Å². The normalized spacial score (nSPS) is 11.7. The van der Waals surface area contributed by atoms with Gasteiger partial charge < -0.3 is 15.8 Å². The van der Waals surface area contributed by atoms with Crippen molar-refractivity contribution >= 4 is 35.6 Å². The number of hydrogen-bond donors (Lipinski definition) is 2. The lowest BCUT2D eigenvalue weighted by Gasteiger charge is -2.14. The van der Waals surface area contributed by atoms with E-state index in [9.17, 15) is 13.2 Å². The fourth-order valence-corrected chi connectivity index (χ4v) is 2.85. The van der Waals surface area contributed by atoms with E-state index in [0.29, 0.717) is 0 Å². The molecule has 3 rings (SSSR count). The Morgan fingerprint density at radius 3 is 2.40 bits per heavy atom. The molecule has 0 spiro atoms. The van der Waals surface area contributed by atoms with Crippen LogP contribution in [0.15, 0.2) is 59.6 Å². The lowest BCUT2D eigenvalue weighted by Crippen LogP contribution is -2.24. The molecule has 6 nitrogen and oxygen atoms in total. The van der Waals surface area contributed by atoms with Crippen LogP contribution in [0.2, 0.25) is 0 Å². The molecule has 1 heterocycles. The number of nitrogens with zero attached hydrogens (tertiary/aromatic N) is 3. The maximum absolute atomic E-state index is 12.5. The van der Waals surface area contributed by atoms with E-state index in [4.69, 9.17) is 5.73 Å². The molecule has 0 atom stereocenters. The summed E-state index contributed by atoms with van der Waals surface area (Å²) in [5.74, 6) is -0.420. The van der Waals surface area contributed by atoms with Crippen molar-refractivity contribution < 1.29 is 17.9 Å². The van der Waals surface area contributed by atoms with E-state index in [2.05, 4.69) is 20.1 Å². The summed E-state index contributed by atoms with van der Waals surface area (Å²) in [6, 6.07) is 15.3. The van der Waals surface area contributed by atoms with Crippen LogP contribution < -0.4 is 15.8 Å². The molecule has 0 bridgehead atoms. The zero-order chi connectivity index (χ0) is 21.0. The monoisotopic (exact) mass is 531 g/mol. The van der Waals surface area contributed by atoms with Gasteiger partial charge in [-0.2, -0.15) is 5.10 Å². The highest BCUT2D eigenvalue weighted by Gasteiger charge is 2.32. The number of hydrogen-bond acceptors (Lipinski definition) is 3. The number of para-hydroxylation sites is 3. The first-order valence-electron chi connectivity index (χ1n) is 8.77. The number of nitrogens with one attached hydrogen (secondary N) is 1. The van der Waals surface area contributed by atoms with Crippen LogP contribution in [-0.2, 0) is 6.54 Å². The lowest BCUT2D eigenvalue weighted by atomic mass is 10.2. The fraction of sp³-hybridized carbons (Fsp3) is 0.200. The second kappa shape index (κ2) is 9.83. The second-order valence-electron chi connectivity index (χ2n) is 6.27. The van der Waals surface area contributed by atoms with E-state index >= 15 is 0 Å². The number of aromatic nitrogens is 2. The third-order valence-electron chi connectivity index (χ3n) is 4.22. The van der Waals surface area contributed by atoms with Gasteiger partial charge in [-0.1, -0.05) is 30.3 Å². The van der Waals surface area contributed by atoms with Gasteiger partial charge >= 0.3 is 6.36 Å². The smallest absolute Gasteiger partial charge is 0.404 e. The second-order valence-corrected chi connectivity index (χ2v) is 6.27. The summed E-state index contributed by atoms with van der Waals surface area (Å²) in [5, 5.41) is 7.19. The highest BCUT2D eigenvalue weighted by molar-refractivity contribution is 14.0. The first-order chi connectivity index (χ1) is 13.7. The molecule has 3 aromatic rings. The first-order valence-corrected chi connectivity index (χ1v) is 8.77. The van der Waals surface area contributed by atoms with Crippen LogP contribution >= 0.6 is 24.0 Å². The maximum Gasteiger partial charge on any atom is 0.573 e. The number of halogens is 4. The van der Waals surface area contributed by atoms with Gasteiger partial charge in [-0.05, 0) is 38.1 Å². The molecule has 1 aromatic heterocycles. The molecule has 0 aliphatic carbocycles. The molecule has 0 unspecified atom stereocenters. The van der Waals surface area contributed by atoms with Crippen molar-refractivity contribution in [2.24, 2.45) is 10.7 Å². The number of ether oxygens (including phenoxy) is 1. The third kappa shape index (κ3) is 5.88. The van der Waals surface area contributed by atoms with Gasteiger partial charge in [0.1, 0.15) is 0 Å². The predicted octanol–water partition coefficient (Wildman–Crippen LogP) is 4.93. The number of aliphatic imine (C=N–C) groups is 1. The van der Waals surface area contributed by atoms with Crippen LogP contribution in [0.5, 0.6) is 5.75 Å². The highest BCUT2D eigenvalue weighted by Crippen LogP contribution is 2.29. The number of alkyl halides is 3. The Morgan fingerprint density at radius 1 is 1.10 bits per heavy atom. The molecular weight excluding hydrogens is 510 g/mol. The predicted molar refractivity (Wildman–Crippen MR) is 121 cm³/mol. The molecule has 0 saturated heterocycles. The molecule has 0 saturated carbocycles. The van der Waals surface area contributed by atoms with Crippen molar-refractivity contribution in [3.63, 3.8) is 0 Å². The minimum atomic E-state index is -4.80. The minimum Gasteiger partial charge on any atom is -0.404 e. The molecular formula is C20H21F3IN5O. The molecule has 0 amide bonds. The van der Waals surface area contributed by atoms with E-state index in [1.165, 1.54) is 18.2 Å². The Labute approximate surface area is 189 Å². The quantitative estimate of drug-likeness (QED) is 0.278. The van der Waals surface area contributed by atoms with Gasteiger partial charge in [0.05, 0.1) is 23.6 Å². The van der Waals surface area contributed by atoms with Gasteiger partial charge in [-0.25, -0.2) is 9.67 Å². The van der Waals surface area contributed by atoms with E-state index in [0.717, 1.165) is 22.6 Å². The van der Waals surface area contributed by atoms with Crippen LogP contribution in [0.25, 0.3) is 5.69 Å². The summed E-state index contributed by atoms with van der Waals surface area (Å²) in [7, 11) is 0. The van der Waals surface area contributed by atoms with Crippen LogP contribution in [0, 0.1) is 13.8 Å². The van der Waals surface area contributed by atoms with Crippen LogP contribution in [0.3, 0.4) is 0 Å². The summed E-state index contributed by atoms with van der Waals surface area (Å²) >= 11 is 0. The fourth-order valence-electron chi connectivity index (χ4n) is 2.85. The summed E-state index contributed by atoms with van der Waals surface area (Å²) < 4.78 is 43.4. The van der Waals surface area contributed by atoms with Crippen molar-refractivity contribution in [3.05, 3.63) is 71.5 Å². The summed E-state index contributed by atoms with van der Waals surface area (Å²) in [6.07, 6.45) is -4.80. The van der Waals surface area contributed by atoms with Gasteiger partial charge in [0.15, 0.2) is 11.7 Å². The summed E-state index contributed by atoms with van der Waals surface area (Å²) in [6.45, 7) is 4.02. The zero-order valence-corrected chi connectivity index (χ0v) is 18.6. The van der Waals surface area contributed by atoms with Gasteiger partial charge in [0, 0.05) is 11.3 Å². The number of anilines is 1. The maximum atomic E-state index is 12.5. The standard InChI is InChI=1S/C20H20F3N5O.HI/c1-13-16(14(2)28(27-13)15-8-4-3-5-9-15)12-25-19(24)26-17-10-6-7-11-18(17)29-20(21,22)23;/h3-11H,12H2,1-2H3,(H3,24,25,26);1H. The average Bonchev–Trinajstić information content (AvgIpc) is 2.95. The van der Waals surface area contributed by atoms with Gasteiger partial charge in [0.25, 0.3) is 0 Å². The zero-order valence-electron chi connectivity index (χ0n) is 16.3. The molecule has 10 heteroatoms. The Bertz CT molecular complexity index is 1020. The van der Waals surface area contributed by atoms with Crippen LogP contribution in [-0.4, -0.2) is 22.1 Å². The van der Waals surface area contributed by atoms with Crippen LogP contribution in [0.1, 0.15) is 17.0 Å². The molecule has 160 valence electrons. The van der Waals surface area contributed by atoms with Gasteiger partial charge in [-0.3, -0.25) is 0 Å². The van der Waals surface area contributed by atoms with Crippen molar-refractivity contribution in [1.82, 2.24) is 9.78 Å². The SMILES string of the molecule is Cc1nn(-c2ccccc2)c(C)c1CN=C(N)Nc1ccccc1OC(F)(F)F.I. The van der Waals surface area contributed by atoms with E-state index < -0.39 is 6.36 Å². The molecule has 3 N–H and O–H groups in total. The number of benzene rings is 2. The summed E-state index contributed by atoms with van der Waals surface area (Å²) in [5.41, 5.74) is 9.46. The van der Waals surface area contributed by atoms with Gasteiger partial charge in [-0.15, -0.1) is 37.1 Å². The largest absolute Gasteiger partial charge is 0.573 e. The molecule has 0 aliphatic rings. The van der Waals surface area contributed by atoms with E-state index in [1.54, 1.807) is 6.07 Å². The Hall–Kier alpha value is -2.76. The lowest BCUT2D eigenvalue weighted by molar-refractivity contribution is -0.274. The Kier molecular flexibility index (Phi) is 7.71. The van der Waals surface area contributed by atoms with Crippen molar-refractivity contribution in [2.45, 2.75) is 26.8 Å².